The second-order valence-electron chi connectivity index (χ2n) is 4.19. The van der Waals surface area contributed by atoms with E-state index in [9.17, 15) is 0 Å². The number of nitrogens with one attached hydrogen (secondary N) is 1. The normalized spacial score (nSPS) is 12.7. The molecular formula is C15H14N2S. The van der Waals surface area contributed by atoms with E-state index in [1.807, 2.05) is 19.4 Å². The standard InChI is InChI=1S/C15H14N2S/c1-16-15(11-6-8-17-9-7-11)13-10-18-14-5-3-2-4-12(13)14/h2-10,15-16H,1H3. The Morgan fingerprint density at radius 1 is 1.11 bits per heavy atom. The van der Waals surface area contributed by atoms with Crippen LogP contribution < -0.4 is 5.32 Å². The number of pyridine rings is 1. The summed E-state index contributed by atoms with van der Waals surface area (Å²) in [7, 11) is 2.00. The number of fused-ring (bicyclic) bond motifs is 1. The molecule has 2 heterocycles. The van der Waals surface area contributed by atoms with Crippen molar-refractivity contribution in [2.24, 2.45) is 0 Å². The van der Waals surface area contributed by atoms with Crippen molar-refractivity contribution in [3.05, 3.63) is 65.3 Å². The van der Waals surface area contributed by atoms with E-state index in [0.717, 1.165) is 0 Å². The Balaban J connectivity index is 2.12. The average Bonchev–Trinajstić information content (AvgIpc) is 2.85. The van der Waals surface area contributed by atoms with Gasteiger partial charge in [0.25, 0.3) is 0 Å². The molecule has 3 heteroatoms. The lowest BCUT2D eigenvalue weighted by Gasteiger charge is -2.16. The maximum Gasteiger partial charge on any atom is 0.0589 e. The summed E-state index contributed by atoms with van der Waals surface area (Å²) in [6.45, 7) is 0. The van der Waals surface area contributed by atoms with Gasteiger partial charge in [-0.25, -0.2) is 0 Å². The summed E-state index contributed by atoms with van der Waals surface area (Å²) in [4.78, 5) is 4.08. The Hall–Kier alpha value is -1.71. The topological polar surface area (TPSA) is 24.9 Å². The van der Waals surface area contributed by atoms with Crippen LogP contribution in [0.25, 0.3) is 10.1 Å². The first-order valence-corrected chi connectivity index (χ1v) is 6.81. The van der Waals surface area contributed by atoms with Crippen LogP contribution in [0.15, 0.2) is 54.2 Å². The van der Waals surface area contributed by atoms with Gasteiger partial charge in [-0.1, -0.05) is 18.2 Å². The monoisotopic (exact) mass is 254 g/mol. The third-order valence-electron chi connectivity index (χ3n) is 3.15. The van der Waals surface area contributed by atoms with Crippen LogP contribution in [0.2, 0.25) is 0 Å². The highest BCUT2D eigenvalue weighted by atomic mass is 32.1. The first-order chi connectivity index (χ1) is 8.90. The van der Waals surface area contributed by atoms with E-state index < -0.39 is 0 Å². The molecule has 0 fully saturated rings. The van der Waals surface area contributed by atoms with Crippen molar-refractivity contribution in [1.29, 1.82) is 0 Å². The predicted octanol–water partition coefficient (Wildman–Crippen LogP) is 3.61. The molecule has 90 valence electrons. The van der Waals surface area contributed by atoms with E-state index in [0.29, 0.717) is 0 Å². The van der Waals surface area contributed by atoms with Gasteiger partial charge in [0.2, 0.25) is 0 Å². The number of thiophene rings is 1. The summed E-state index contributed by atoms with van der Waals surface area (Å²) in [6, 6.07) is 12.9. The van der Waals surface area contributed by atoms with Gasteiger partial charge in [0.15, 0.2) is 0 Å². The molecule has 2 nitrogen and oxygen atoms in total. The van der Waals surface area contributed by atoms with Gasteiger partial charge in [-0.2, -0.15) is 0 Å². The molecule has 18 heavy (non-hydrogen) atoms. The number of aromatic nitrogens is 1. The van der Waals surface area contributed by atoms with E-state index in [1.165, 1.54) is 21.2 Å². The first kappa shape index (κ1) is 11.4. The van der Waals surface area contributed by atoms with Gasteiger partial charge < -0.3 is 5.32 Å². The molecule has 3 rings (SSSR count). The highest BCUT2D eigenvalue weighted by molar-refractivity contribution is 7.17. The maximum atomic E-state index is 4.08. The van der Waals surface area contributed by atoms with E-state index in [1.54, 1.807) is 11.3 Å². The van der Waals surface area contributed by atoms with Crippen molar-refractivity contribution >= 4 is 21.4 Å². The van der Waals surface area contributed by atoms with E-state index in [4.69, 9.17) is 0 Å². The molecule has 0 bridgehead atoms. The van der Waals surface area contributed by atoms with Crippen molar-refractivity contribution in [3.63, 3.8) is 0 Å². The van der Waals surface area contributed by atoms with Gasteiger partial charge in [-0.05, 0) is 47.1 Å². The van der Waals surface area contributed by atoms with Crippen LogP contribution >= 0.6 is 11.3 Å². The summed E-state index contributed by atoms with van der Waals surface area (Å²) < 4.78 is 1.34. The SMILES string of the molecule is CNC(c1ccncc1)c1csc2ccccc12. The lowest BCUT2D eigenvalue weighted by Crippen LogP contribution is -2.17. The lowest BCUT2D eigenvalue weighted by molar-refractivity contribution is 0.697. The molecule has 0 spiro atoms. The molecule has 1 atom stereocenters. The number of rotatable bonds is 3. The zero-order valence-corrected chi connectivity index (χ0v) is 10.9. The van der Waals surface area contributed by atoms with Crippen LogP contribution in [-0.4, -0.2) is 12.0 Å². The Morgan fingerprint density at radius 3 is 2.67 bits per heavy atom. The fourth-order valence-electron chi connectivity index (χ4n) is 2.28. The molecule has 0 radical (unpaired) electrons. The summed E-state index contributed by atoms with van der Waals surface area (Å²) in [6.07, 6.45) is 3.68. The maximum absolute atomic E-state index is 4.08. The fraction of sp³-hybridized carbons (Fsp3) is 0.133. The van der Waals surface area contributed by atoms with Crippen LogP contribution in [0, 0.1) is 0 Å². The number of hydrogen-bond acceptors (Lipinski definition) is 3. The molecular weight excluding hydrogens is 240 g/mol. The minimum absolute atomic E-state index is 0.226. The molecule has 0 amide bonds. The fourth-order valence-corrected chi connectivity index (χ4v) is 3.27. The van der Waals surface area contributed by atoms with Gasteiger partial charge in [0.05, 0.1) is 6.04 Å². The molecule has 1 N–H and O–H groups in total. The van der Waals surface area contributed by atoms with Crippen LogP contribution in [0.3, 0.4) is 0 Å². The van der Waals surface area contributed by atoms with Gasteiger partial charge in [0, 0.05) is 17.1 Å². The smallest absolute Gasteiger partial charge is 0.0589 e. The summed E-state index contributed by atoms with van der Waals surface area (Å²) in [5.74, 6) is 0. The summed E-state index contributed by atoms with van der Waals surface area (Å²) in [5, 5.41) is 6.97. The van der Waals surface area contributed by atoms with Crippen LogP contribution in [0.5, 0.6) is 0 Å². The second-order valence-corrected chi connectivity index (χ2v) is 5.10. The molecule has 1 aromatic carbocycles. The van der Waals surface area contributed by atoms with Crippen molar-refractivity contribution < 1.29 is 0 Å². The predicted molar refractivity (Wildman–Crippen MR) is 77.0 cm³/mol. The van der Waals surface area contributed by atoms with E-state index >= 15 is 0 Å². The Labute approximate surface area is 110 Å². The zero-order chi connectivity index (χ0) is 12.4. The minimum atomic E-state index is 0.226. The molecule has 0 saturated heterocycles. The van der Waals surface area contributed by atoms with Gasteiger partial charge in [-0.3, -0.25) is 4.98 Å². The largest absolute Gasteiger partial charge is 0.309 e. The third-order valence-corrected chi connectivity index (χ3v) is 4.13. The second kappa shape index (κ2) is 4.88. The molecule has 0 aliphatic rings. The molecule has 0 aliphatic carbocycles. The molecule has 0 saturated carbocycles. The summed E-state index contributed by atoms with van der Waals surface area (Å²) >= 11 is 1.80. The van der Waals surface area contributed by atoms with Gasteiger partial charge in [0.1, 0.15) is 0 Å². The Bertz CT molecular complexity index is 646. The Kier molecular flexibility index (Phi) is 3.09. The number of nitrogens with zero attached hydrogens (tertiary/aromatic N) is 1. The molecule has 3 aromatic rings. The van der Waals surface area contributed by atoms with E-state index in [2.05, 4.69) is 52.1 Å². The number of benzene rings is 1. The van der Waals surface area contributed by atoms with E-state index in [-0.39, 0.29) is 6.04 Å². The molecule has 0 aliphatic heterocycles. The first-order valence-electron chi connectivity index (χ1n) is 5.93. The average molecular weight is 254 g/mol. The highest BCUT2D eigenvalue weighted by Gasteiger charge is 2.15. The Morgan fingerprint density at radius 2 is 1.89 bits per heavy atom. The third kappa shape index (κ3) is 1.92. The van der Waals surface area contributed by atoms with Gasteiger partial charge in [-0.15, -0.1) is 11.3 Å². The highest BCUT2D eigenvalue weighted by Crippen LogP contribution is 2.32. The minimum Gasteiger partial charge on any atom is -0.309 e. The van der Waals surface area contributed by atoms with Crippen LogP contribution in [0.4, 0.5) is 0 Å². The molecule has 1 unspecified atom stereocenters. The van der Waals surface area contributed by atoms with Crippen LogP contribution in [-0.2, 0) is 0 Å². The molecule has 2 aromatic heterocycles. The zero-order valence-electron chi connectivity index (χ0n) is 10.1. The summed E-state index contributed by atoms with van der Waals surface area (Å²) in [5.41, 5.74) is 2.58. The lowest BCUT2D eigenvalue weighted by atomic mass is 9.99. The van der Waals surface area contributed by atoms with Crippen molar-refractivity contribution in [3.8, 4) is 0 Å². The quantitative estimate of drug-likeness (QED) is 0.772. The number of hydrogen-bond donors (Lipinski definition) is 1. The van der Waals surface area contributed by atoms with Crippen LogP contribution in [0.1, 0.15) is 17.2 Å². The van der Waals surface area contributed by atoms with Crippen molar-refractivity contribution in [1.82, 2.24) is 10.3 Å². The van der Waals surface area contributed by atoms with Crippen molar-refractivity contribution in [2.75, 3.05) is 7.05 Å². The van der Waals surface area contributed by atoms with Crippen molar-refractivity contribution in [2.45, 2.75) is 6.04 Å². The van der Waals surface area contributed by atoms with Gasteiger partial charge >= 0.3 is 0 Å².